The number of hydrogen-bond acceptors (Lipinski definition) is 5. The van der Waals surface area contributed by atoms with Crippen LogP contribution in [0.2, 0.25) is 0 Å². The van der Waals surface area contributed by atoms with E-state index in [1.54, 1.807) is 10.9 Å². The Bertz CT molecular complexity index is 755. The third kappa shape index (κ3) is 4.19. The maximum absolute atomic E-state index is 5.31. The van der Waals surface area contributed by atoms with Crippen LogP contribution in [-0.4, -0.2) is 33.0 Å². The number of nitrogens with zero attached hydrogens (tertiary/aromatic N) is 4. The quantitative estimate of drug-likeness (QED) is 0.714. The molecule has 2 aromatic heterocycles. The molecular formula is C15H17BrClN5O. The topological polar surface area (TPSA) is 68.8 Å². The van der Waals surface area contributed by atoms with Crippen molar-refractivity contribution >= 4 is 28.3 Å². The predicted octanol–water partition coefficient (Wildman–Crippen LogP) is 3.26. The summed E-state index contributed by atoms with van der Waals surface area (Å²) in [6, 6.07) is 8.21. The van der Waals surface area contributed by atoms with Gasteiger partial charge in [0, 0.05) is 23.1 Å². The smallest absolute Gasteiger partial charge is 0.261 e. The molecule has 3 aromatic rings. The fourth-order valence-electron chi connectivity index (χ4n) is 2.00. The highest BCUT2D eigenvalue weighted by Crippen LogP contribution is 2.19. The summed E-state index contributed by atoms with van der Waals surface area (Å²) in [6.07, 6.45) is 4.32. The van der Waals surface area contributed by atoms with Gasteiger partial charge in [-0.05, 0) is 38.2 Å². The monoisotopic (exact) mass is 397 g/mol. The fourth-order valence-corrected chi connectivity index (χ4v) is 2.26. The highest BCUT2D eigenvalue weighted by atomic mass is 79.9. The molecular weight excluding hydrogens is 382 g/mol. The first-order valence-corrected chi connectivity index (χ1v) is 7.76. The molecule has 0 saturated carbocycles. The van der Waals surface area contributed by atoms with E-state index in [9.17, 15) is 0 Å². The summed E-state index contributed by atoms with van der Waals surface area (Å²) in [6.45, 7) is 2.07. The Morgan fingerprint density at radius 2 is 2.04 bits per heavy atom. The van der Waals surface area contributed by atoms with E-state index in [4.69, 9.17) is 4.52 Å². The van der Waals surface area contributed by atoms with Gasteiger partial charge < -0.3 is 9.84 Å². The van der Waals surface area contributed by atoms with Gasteiger partial charge in [0.05, 0.1) is 17.4 Å². The molecule has 8 heteroatoms. The van der Waals surface area contributed by atoms with Crippen LogP contribution in [0.4, 0.5) is 0 Å². The van der Waals surface area contributed by atoms with Crippen molar-refractivity contribution in [2.24, 2.45) is 0 Å². The molecule has 0 aliphatic carbocycles. The first-order valence-electron chi connectivity index (χ1n) is 6.96. The Balaban J connectivity index is 0.00000192. The van der Waals surface area contributed by atoms with Crippen molar-refractivity contribution < 1.29 is 4.52 Å². The number of likely N-dealkylation sites (N-methyl/N-ethyl adjacent to an activating group) is 1. The lowest BCUT2D eigenvalue weighted by molar-refractivity contribution is 0.418. The first kappa shape index (κ1) is 17.7. The van der Waals surface area contributed by atoms with E-state index in [-0.39, 0.29) is 12.4 Å². The Kier molecular flexibility index (Phi) is 5.92. The zero-order valence-electron chi connectivity index (χ0n) is 12.7. The Labute approximate surface area is 148 Å². The largest absolute Gasteiger partial charge is 0.334 e. The van der Waals surface area contributed by atoms with E-state index in [0.29, 0.717) is 17.8 Å². The van der Waals surface area contributed by atoms with Gasteiger partial charge in [-0.25, -0.2) is 4.68 Å². The molecule has 1 atom stereocenters. The third-order valence-corrected chi connectivity index (χ3v) is 3.90. The average Bonchev–Trinajstić information content (AvgIpc) is 3.17. The van der Waals surface area contributed by atoms with Crippen molar-refractivity contribution in [2.45, 2.75) is 19.4 Å². The summed E-state index contributed by atoms with van der Waals surface area (Å²) in [7, 11) is 1.91. The van der Waals surface area contributed by atoms with E-state index in [0.717, 1.165) is 22.1 Å². The lowest BCUT2D eigenvalue weighted by Crippen LogP contribution is -2.24. The van der Waals surface area contributed by atoms with Gasteiger partial charge >= 0.3 is 0 Å². The second-order valence-electron chi connectivity index (χ2n) is 5.06. The van der Waals surface area contributed by atoms with E-state index >= 15 is 0 Å². The number of rotatable bonds is 5. The Morgan fingerprint density at radius 3 is 2.74 bits per heavy atom. The van der Waals surface area contributed by atoms with Crippen LogP contribution in [0.3, 0.4) is 0 Å². The van der Waals surface area contributed by atoms with Crippen LogP contribution in [0.15, 0.2) is 45.7 Å². The second-order valence-corrected chi connectivity index (χ2v) is 5.98. The molecule has 0 aliphatic heterocycles. The van der Waals surface area contributed by atoms with Crippen molar-refractivity contribution in [3.63, 3.8) is 0 Å². The van der Waals surface area contributed by atoms with Crippen molar-refractivity contribution in [1.82, 2.24) is 25.2 Å². The molecule has 1 N–H and O–H groups in total. The fraction of sp³-hybridized carbons (Fsp3) is 0.267. The lowest BCUT2D eigenvalue weighted by Gasteiger charge is -2.04. The van der Waals surface area contributed by atoms with Gasteiger partial charge in [0.2, 0.25) is 0 Å². The number of benzene rings is 1. The summed E-state index contributed by atoms with van der Waals surface area (Å²) >= 11 is 3.42. The van der Waals surface area contributed by atoms with Gasteiger partial charge in [-0.15, -0.1) is 12.4 Å². The standard InChI is InChI=1S/C15H16BrN5O.ClH/c1-10(17-2)7-14-19-15(22-20-14)11-8-18-21(9-11)13-5-3-12(16)4-6-13;/h3-6,8-10,17H,7H2,1-2H3;1H. The van der Waals surface area contributed by atoms with Crippen LogP contribution in [0.5, 0.6) is 0 Å². The van der Waals surface area contributed by atoms with E-state index in [2.05, 4.69) is 43.4 Å². The van der Waals surface area contributed by atoms with Crippen LogP contribution < -0.4 is 5.32 Å². The maximum Gasteiger partial charge on any atom is 0.261 e. The second kappa shape index (κ2) is 7.72. The molecule has 1 aromatic carbocycles. The minimum absolute atomic E-state index is 0. The molecule has 2 heterocycles. The minimum atomic E-state index is 0. The summed E-state index contributed by atoms with van der Waals surface area (Å²) in [4.78, 5) is 4.41. The molecule has 0 spiro atoms. The zero-order valence-corrected chi connectivity index (χ0v) is 15.1. The highest BCUT2D eigenvalue weighted by Gasteiger charge is 2.13. The van der Waals surface area contributed by atoms with Crippen molar-refractivity contribution in [2.75, 3.05) is 7.05 Å². The Morgan fingerprint density at radius 1 is 1.30 bits per heavy atom. The van der Waals surface area contributed by atoms with Gasteiger partial charge in [0.25, 0.3) is 5.89 Å². The summed E-state index contributed by atoms with van der Waals surface area (Å²) in [5.41, 5.74) is 1.77. The normalized spacial score (nSPS) is 12.0. The van der Waals surface area contributed by atoms with Gasteiger partial charge in [-0.1, -0.05) is 21.1 Å². The van der Waals surface area contributed by atoms with Gasteiger partial charge in [0.15, 0.2) is 5.82 Å². The van der Waals surface area contributed by atoms with Crippen LogP contribution >= 0.6 is 28.3 Å². The number of hydrogen-bond donors (Lipinski definition) is 1. The third-order valence-electron chi connectivity index (χ3n) is 3.37. The van der Waals surface area contributed by atoms with Gasteiger partial charge in [-0.3, -0.25) is 0 Å². The molecule has 122 valence electrons. The molecule has 1 unspecified atom stereocenters. The molecule has 0 radical (unpaired) electrons. The van der Waals surface area contributed by atoms with Crippen molar-refractivity contribution in [3.8, 4) is 17.1 Å². The van der Waals surface area contributed by atoms with E-state index in [1.807, 2.05) is 37.5 Å². The van der Waals surface area contributed by atoms with Crippen LogP contribution in [0.1, 0.15) is 12.7 Å². The number of halogens is 2. The Hall–Kier alpha value is -1.70. The van der Waals surface area contributed by atoms with Crippen molar-refractivity contribution in [3.05, 3.63) is 47.0 Å². The summed E-state index contributed by atoms with van der Waals surface area (Å²) in [5, 5.41) is 11.5. The molecule has 0 bridgehead atoms. The number of nitrogens with one attached hydrogen (secondary N) is 1. The van der Waals surface area contributed by atoms with Crippen LogP contribution in [-0.2, 0) is 6.42 Å². The molecule has 0 aliphatic rings. The minimum Gasteiger partial charge on any atom is -0.334 e. The summed E-state index contributed by atoms with van der Waals surface area (Å²) < 4.78 is 8.13. The molecule has 3 rings (SSSR count). The first-order chi connectivity index (χ1) is 10.7. The average molecular weight is 399 g/mol. The summed E-state index contributed by atoms with van der Waals surface area (Å²) in [5.74, 6) is 1.18. The van der Waals surface area contributed by atoms with Crippen LogP contribution in [0, 0.1) is 0 Å². The molecule has 0 saturated heterocycles. The van der Waals surface area contributed by atoms with Gasteiger partial charge in [-0.2, -0.15) is 10.1 Å². The lowest BCUT2D eigenvalue weighted by atomic mass is 10.2. The zero-order chi connectivity index (χ0) is 15.5. The van der Waals surface area contributed by atoms with Gasteiger partial charge in [0.1, 0.15) is 0 Å². The molecule has 0 fully saturated rings. The number of aromatic nitrogens is 4. The van der Waals surface area contributed by atoms with E-state index < -0.39 is 0 Å². The maximum atomic E-state index is 5.31. The van der Waals surface area contributed by atoms with E-state index in [1.165, 1.54) is 0 Å². The molecule has 0 amide bonds. The van der Waals surface area contributed by atoms with Crippen LogP contribution in [0.25, 0.3) is 17.1 Å². The SMILES string of the molecule is CNC(C)Cc1noc(-c2cnn(-c3ccc(Br)cc3)c2)n1.Cl. The predicted molar refractivity (Wildman–Crippen MR) is 94.0 cm³/mol. The van der Waals surface area contributed by atoms with Crippen molar-refractivity contribution in [1.29, 1.82) is 0 Å². The highest BCUT2D eigenvalue weighted by molar-refractivity contribution is 9.10. The molecule has 6 nitrogen and oxygen atoms in total. The molecule has 23 heavy (non-hydrogen) atoms.